The Bertz CT molecular complexity index is 364. The molecule has 0 spiro atoms. The molecule has 0 aliphatic heterocycles. The van der Waals surface area contributed by atoms with Gasteiger partial charge >= 0.3 is 0 Å². The molecule has 0 aliphatic rings. The molecule has 1 aromatic rings. The number of aliphatic hydroxyl groups excluding tert-OH is 1. The second-order valence-corrected chi connectivity index (χ2v) is 4.74. The van der Waals surface area contributed by atoms with Crippen molar-refractivity contribution in [2.24, 2.45) is 0 Å². The summed E-state index contributed by atoms with van der Waals surface area (Å²) in [6, 6.07) is 6.50. The molecular weight excluding hydrogens is 226 g/mol. The molecule has 0 aliphatic carbocycles. The molecule has 0 saturated carbocycles. The number of nitrogens with one attached hydrogen (secondary N) is 1. The molecule has 102 valence electrons. The quantitative estimate of drug-likeness (QED) is 0.783. The number of ether oxygens (including phenoxy) is 1. The van der Waals surface area contributed by atoms with Crippen LogP contribution in [0, 0.1) is 0 Å². The number of hydrogen-bond acceptors (Lipinski definition) is 3. The first-order valence-corrected chi connectivity index (χ1v) is 6.68. The minimum Gasteiger partial charge on any atom is -0.494 e. The van der Waals surface area contributed by atoms with E-state index in [1.807, 2.05) is 20.0 Å². The van der Waals surface area contributed by atoms with Gasteiger partial charge in [0.25, 0.3) is 0 Å². The Balaban J connectivity index is 3.05. The van der Waals surface area contributed by atoms with Crippen LogP contribution in [0.4, 0.5) is 0 Å². The predicted molar refractivity (Wildman–Crippen MR) is 75.2 cm³/mol. The van der Waals surface area contributed by atoms with Crippen LogP contribution < -0.4 is 10.1 Å². The minimum atomic E-state index is 0.190. The molecule has 1 atom stereocenters. The van der Waals surface area contributed by atoms with Crippen LogP contribution in [0.15, 0.2) is 18.2 Å². The summed E-state index contributed by atoms with van der Waals surface area (Å²) in [7, 11) is 1.92. The molecule has 0 amide bonds. The Hall–Kier alpha value is -1.06. The largest absolute Gasteiger partial charge is 0.494 e. The summed E-state index contributed by atoms with van der Waals surface area (Å²) in [5.41, 5.74) is 2.44. The zero-order chi connectivity index (χ0) is 13.5. The van der Waals surface area contributed by atoms with Crippen molar-refractivity contribution in [1.82, 2.24) is 5.32 Å². The van der Waals surface area contributed by atoms with Gasteiger partial charge in [0.05, 0.1) is 6.61 Å². The van der Waals surface area contributed by atoms with E-state index in [-0.39, 0.29) is 12.6 Å². The molecule has 0 saturated heterocycles. The van der Waals surface area contributed by atoms with Gasteiger partial charge in [0, 0.05) is 12.6 Å². The highest BCUT2D eigenvalue weighted by atomic mass is 16.5. The van der Waals surface area contributed by atoms with Gasteiger partial charge in [-0.25, -0.2) is 0 Å². The summed E-state index contributed by atoms with van der Waals surface area (Å²) in [5, 5.41) is 12.3. The van der Waals surface area contributed by atoms with Crippen molar-refractivity contribution in [3.8, 4) is 5.75 Å². The molecule has 3 heteroatoms. The van der Waals surface area contributed by atoms with Gasteiger partial charge in [0.1, 0.15) is 5.75 Å². The molecule has 1 rings (SSSR count). The highest BCUT2D eigenvalue weighted by Crippen LogP contribution is 2.30. The third-order valence-corrected chi connectivity index (χ3v) is 3.12. The van der Waals surface area contributed by atoms with E-state index in [9.17, 15) is 0 Å². The first-order valence-electron chi connectivity index (χ1n) is 6.68. The van der Waals surface area contributed by atoms with Gasteiger partial charge in [-0.2, -0.15) is 0 Å². The average Bonchev–Trinajstić information content (AvgIpc) is 2.36. The lowest BCUT2D eigenvalue weighted by atomic mass is 9.95. The summed E-state index contributed by atoms with van der Waals surface area (Å²) in [6.07, 6.45) is 0.724. The second kappa shape index (κ2) is 7.39. The lowest BCUT2D eigenvalue weighted by Gasteiger charge is -2.19. The SMILES string of the molecule is CCOc1ccc(C(CCO)NC)cc1C(C)C. The highest BCUT2D eigenvalue weighted by Gasteiger charge is 2.13. The van der Waals surface area contributed by atoms with Gasteiger partial charge in [-0.15, -0.1) is 0 Å². The van der Waals surface area contributed by atoms with Crippen LogP contribution in [0.3, 0.4) is 0 Å². The number of rotatable bonds is 7. The molecule has 0 radical (unpaired) electrons. The smallest absolute Gasteiger partial charge is 0.122 e. The lowest BCUT2D eigenvalue weighted by molar-refractivity contribution is 0.268. The van der Waals surface area contributed by atoms with Crippen molar-refractivity contribution in [3.63, 3.8) is 0 Å². The monoisotopic (exact) mass is 251 g/mol. The summed E-state index contributed by atoms with van der Waals surface area (Å²) < 4.78 is 5.66. The second-order valence-electron chi connectivity index (χ2n) is 4.74. The third kappa shape index (κ3) is 3.72. The fourth-order valence-corrected chi connectivity index (χ4v) is 2.13. The molecule has 2 N–H and O–H groups in total. The topological polar surface area (TPSA) is 41.5 Å². The molecule has 3 nitrogen and oxygen atoms in total. The van der Waals surface area contributed by atoms with E-state index in [0.29, 0.717) is 12.5 Å². The summed E-state index contributed by atoms with van der Waals surface area (Å²) >= 11 is 0. The van der Waals surface area contributed by atoms with Crippen molar-refractivity contribution >= 4 is 0 Å². The third-order valence-electron chi connectivity index (χ3n) is 3.12. The molecule has 0 fully saturated rings. The fourth-order valence-electron chi connectivity index (χ4n) is 2.13. The van der Waals surface area contributed by atoms with E-state index in [1.165, 1.54) is 11.1 Å². The van der Waals surface area contributed by atoms with Gasteiger partial charge in [-0.1, -0.05) is 26.0 Å². The molecular formula is C15H25NO2. The molecule has 0 heterocycles. The lowest BCUT2D eigenvalue weighted by Crippen LogP contribution is -2.18. The Morgan fingerprint density at radius 2 is 2.06 bits per heavy atom. The standard InChI is InChI=1S/C15H25NO2/c1-5-18-15-7-6-12(10-13(15)11(2)3)14(16-4)8-9-17/h6-7,10-11,14,16-17H,5,8-9H2,1-4H3. The van der Waals surface area contributed by atoms with Gasteiger partial charge in [-0.05, 0) is 43.5 Å². The van der Waals surface area contributed by atoms with E-state index < -0.39 is 0 Å². The number of aliphatic hydroxyl groups is 1. The van der Waals surface area contributed by atoms with Gasteiger partial charge in [0.2, 0.25) is 0 Å². The van der Waals surface area contributed by atoms with Crippen LogP contribution >= 0.6 is 0 Å². The van der Waals surface area contributed by atoms with Crippen LogP contribution in [0.2, 0.25) is 0 Å². The Morgan fingerprint density at radius 3 is 2.56 bits per heavy atom. The predicted octanol–water partition coefficient (Wildman–Crippen LogP) is 2.85. The Labute approximate surface area is 110 Å². The van der Waals surface area contributed by atoms with Crippen molar-refractivity contribution < 1.29 is 9.84 Å². The summed E-state index contributed by atoms with van der Waals surface area (Å²) in [6.45, 7) is 7.21. The van der Waals surface area contributed by atoms with Gasteiger partial charge in [-0.3, -0.25) is 0 Å². The van der Waals surface area contributed by atoms with E-state index in [1.54, 1.807) is 0 Å². The first kappa shape index (κ1) is 15.0. The Morgan fingerprint density at radius 1 is 1.33 bits per heavy atom. The maximum atomic E-state index is 9.08. The molecule has 1 unspecified atom stereocenters. The molecule has 1 aromatic carbocycles. The van der Waals surface area contributed by atoms with Crippen LogP contribution in [0.5, 0.6) is 5.75 Å². The van der Waals surface area contributed by atoms with Gasteiger partial charge in [0.15, 0.2) is 0 Å². The van der Waals surface area contributed by atoms with Crippen molar-refractivity contribution in [2.75, 3.05) is 20.3 Å². The fraction of sp³-hybridized carbons (Fsp3) is 0.600. The molecule has 18 heavy (non-hydrogen) atoms. The number of benzene rings is 1. The van der Waals surface area contributed by atoms with Crippen LogP contribution in [0.1, 0.15) is 50.3 Å². The number of hydrogen-bond donors (Lipinski definition) is 2. The van der Waals surface area contributed by atoms with Crippen molar-refractivity contribution in [1.29, 1.82) is 0 Å². The van der Waals surface area contributed by atoms with E-state index in [2.05, 4.69) is 31.3 Å². The maximum Gasteiger partial charge on any atom is 0.122 e. The zero-order valence-electron chi connectivity index (χ0n) is 11.9. The van der Waals surface area contributed by atoms with Crippen LogP contribution in [-0.2, 0) is 0 Å². The average molecular weight is 251 g/mol. The first-order chi connectivity index (χ1) is 8.63. The van der Waals surface area contributed by atoms with Crippen LogP contribution in [-0.4, -0.2) is 25.4 Å². The van der Waals surface area contributed by atoms with Crippen molar-refractivity contribution in [3.05, 3.63) is 29.3 Å². The summed E-state index contributed by atoms with van der Waals surface area (Å²) in [4.78, 5) is 0. The zero-order valence-corrected chi connectivity index (χ0v) is 11.9. The van der Waals surface area contributed by atoms with E-state index in [0.717, 1.165) is 12.2 Å². The van der Waals surface area contributed by atoms with Gasteiger partial charge < -0.3 is 15.2 Å². The molecule has 0 aromatic heterocycles. The van der Waals surface area contributed by atoms with Crippen molar-refractivity contribution in [2.45, 2.75) is 39.2 Å². The normalized spacial score (nSPS) is 12.8. The Kier molecular flexibility index (Phi) is 6.16. The maximum absolute atomic E-state index is 9.08. The van der Waals surface area contributed by atoms with E-state index in [4.69, 9.17) is 9.84 Å². The molecule has 0 bridgehead atoms. The van der Waals surface area contributed by atoms with Crippen LogP contribution in [0.25, 0.3) is 0 Å². The highest BCUT2D eigenvalue weighted by molar-refractivity contribution is 5.40. The van der Waals surface area contributed by atoms with E-state index >= 15 is 0 Å². The summed E-state index contributed by atoms with van der Waals surface area (Å²) in [5.74, 6) is 1.40. The minimum absolute atomic E-state index is 0.190.